The molecule has 0 spiro atoms. The fraction of sp³-hybridized carbons (Fsp3) is 0.263. The molecule has 3 heterocycles. The molecular weight excluding hydrogens is 345 g/mol. The molecule has 138 valence electrons. The number of pyridine rings is 1. The Bertz CT molecular complexity index is 943. The standard InChI is InChI=1S/C19H20FN7/c20-15-5-3-13(4-6-15)18-17(22-11-27(18)10-12-1-2-12)16-9-14(7-8-21-16)19-23-25-26-24-19/h3-9,11-12,19,23-26H,1-2,10H2. The van der Waals surface area contributed by atoms with Crippen molar-refractivity contribution in [2.45, 2.75) is 25.6 Å². The molecule has 2 aliphatic rings. The molecule has 1 aliphatic carbocycles. The smallest absolute Gasteiger partial charge is 0.123 e. The second-order valence-electron chi connectivity index (χ2n) is 6.99. The van der Waals surface area contributed by atoms with E-state index < -0.39 is 0 Å². The zero-order valence-electron chi connectivity index (χ0n) is 14.6. The van der Waals surface area contributed by atoms with Gasteiger partial charge in [-0.1, -0.05) is 0 Å². The molecule has 0 radical (unpaired) electrons. The first-order valence-corrected chi connectivity index (χ1v) is 9.06. The summed E-state index contributed by atoms with van der Waals surface area (Å²) in [7, 11) is 0. The number of hydrogen-bond acceptors (Lipinski definition) is 6. The minimum atomic E-state index is -0.243. The van der Waals surface area contributed by atoms with Gasteiger partial charge in [0.25, 0.3) is 0 Å². The molecule has 7 nitrogen and oxygen atoms in total. The second kappa shape index (κ2) is 6.82. The third-order valence-corrected chi connectivity index (χ3v) is 4.96. The Morgan fingerprint density at radius 1 is 1.04 bits per heavy atom. The average molecular weight is 365 g/mol. The van der Waals surface area contributed by atoms with Crippen LogP contribution in [0.5, 0.6) is 0 Å². The summed E-state index contributed by atoms with van der Waals surface area (Å²) in [5.74, 6) is 0.460. The van der Waals surface area contributed by atoms with E-state index in [-0.39, 0.29) is 12.0 Å². The first kappa shape index (κ1) is 16.5. The molecule has 27 heavy (non-hydrogen) atoms. The topological polar surface area (TPSA) is 78.8 Å². The van der Waals surface area contributed by atoms with Gasteiger partial charge >= 0.3 is 0 Å². The number of hydrazine groups is 3. The van der Waals surface area contributed by atoms with Crippen molar-refractivity contribution in [2.75, 3.05) is 0 Å². The van der Waals surface area contributed by atoms with Crippen LogP contribution in [0.1, 0.15) is 24.6 Å². The second-order valence-corrected chi connectivity index (χ2v) is 6.99. The molecule has 0 bridgehead atoms. The van der Waals surface area contributed by atoms with E-state index in [0.29, 0.717) is 5.92 Å². The van der Waals surface area contributed by atoms with Crippen LogP contribution in [-0.2, 0) is 6.54 Å². The van der Waals surface area contributed by atoms with Crippen molar-refractivity contribution in [3.8, 4) is 22.6 Å². The number of imidazole rings is 1. The van der Waals surface area contributed by atoms with E-state index in [1.165, 1.54) is 25.0 Å². The highest BCUT2D eigenvalue weighted by molar-refractivity contribution is 5.77. The van der Waals surface area contributed by atoms with Crippen molar-refractivity contribution in [2.24, 2.45) is 5.92 Å². The van der Waals surface area contributed by atoms with E-state index in [9.17, 15) is 4.39 Å². The van der Waals surface area contributed by atoms with Gasteiger partial charge in [-0.2, -0.15) is 11.1 Å². The first-order valence-electron chi connectivity index (χ1n) is 9.06. The number of nitrogens with one attached hydrogen (secondary N) is 4. The number of nitrogens with zero attached hydrogens (tertiary/aromatic N) is 3. The van der Waals surface area contributed by atoms with Crippen LogP contribution < -0.4 is 21.9 Å². The van der Waals surface area contributed by atoms with Crippen LogP contribution in [-0.4, -0.2) is 14.5 Å². The maximum atomic E-state index is 13.4. The largest absolute Gasteiger partial charge is 0.330 e. The van der Waals surface area contributed by atoms with E-state index in [1.54, 1.807) is 18.3 Å². The summed E-state index contributed by atoms with van der Waals surface area (Å²) < 4.78 is 15.6. The number of rotatable bonds is 5. The SMILES string of the molecule is Fc1ccc(-c2c(-c3cc(C4NNNN4)ccn3)ncn2CC2CC2)cc1. The van der Waals surface area contributed by atoms with E-state index in [4.69, 9.17) is 0 Å². The summed E-state index contributed by atoms with van der Waals surface area (Å²) in [6.07, 6.45) is 6.08. The van der Waals surface area contributed by atoms with Crippen LogP contribution in [0.3, 0.4) is 0 Å². The van der Waals surface area contributed by atoms with E-state index in [0.717, 1.165) is 34.8 Å². The predicted molar refractivity (Wildman–Crippen MR) is 98.9 cm³/mol. The lowest BCUT2D eigenvalue weighted by atomic mass is 10.1. The third kappa shape index (κ3) is 3.35. The Balaban J connectivity index is 1.58. The van der Waals surface area contributed by atoms with Gasteiger partial charge in [0.05, 0.1) is 17.7 Å². The summed E-state index contributed by atoms with van der Waals surface area (Å²) in [5.41, 5.74) is 16.3. The molecule has 1 aromatic carbocycles. The molecular formula is C19H20FN7. The van der Waals surface area contributed by atoms with Crippen LogP contribution in [0.15, 0.2) is 48.9 Å². The predicted octanol–water partition coefficient (Wildman–Crippen LogP) is 2.28. The molecule has 1 saturated heterocycles. The molecule has 5 rings (SSSR count). The molecule has 0 unspecified atom stereocenters. The van der Waals surface area contributed by atoms with Crippen LogP contribution in [0, 0.1) is 11.7 Å². The van der Waals surface area contributed by atoms with Gasteiger partial charge in [-0.25, -0.2) is 20.2 Å². The lowest BCUT2D eigenvalue weighted by Crippen LogP contribution is -2.33. The molecule has 1 saturated carbocycles. The fourth-order valence-corrected chi connectivity index (χ4v) is 3.37. The van der Waals surface area contributed by atoms with Crippen molar-refractivity contribution in [3.05, 3.63) is 60.3 Å². The summed E-state index contributed by atoms with van der Waals surface area (Å²) in [5, 5.41) is 0. The Morgan fingerprint density at radius 2 is 1.81 bits per heavy atom. The van der Waals surface area contributed by atoms with Crippen molar-refractivity contribution < 1.29 is 4.39 Å². The summed E-state index contributed by atoms with van der Waals surface area (Å²) in [6, 6.07) is 10.5. The monoisotopic (exact) mass is 365 g/mol. The van der Waals surface area contributed by atoms with Crippen molar-refractivity contribution in [1.82, 2.24) is 36.5 Å². The van der Waals surface area contributed by atoms with E-state index in [2.05, 4.69) is 36.5 Å². The summed E-state index contributed by atoms with van der Waals surface area (Å²) in [4.78, 5) is 9.21. The number of halogens is 1. The van der Waals surface area contributed by atoms with Gasteiger partial charge in [0, 0.05) is 18.3 Å². The van der Waals surface area contributed by atoms with Gasteiger partial charge in [0.1, 0.15) is 17.7 Å². The quantitative estimate of drug-likeness (QED) is 0.556. The summed E-state index contributed by atoms with van der Waals surface area (Å²) >= 11 is 0. The maximum absolute atomic E-state index is 13.4. The first-order chi connectivity index (χ1) is 13.3. The van der Waals surface area contributed by atoms with Gasteiger partial charge in [0.15, 0.2) is 0 Å². The lowest BCUT2D eigenvalue weighted by Gasteiger charge is -2.12. The Labute approximate surface area is 155 Å². The Hall–Kier alpha value is -2.65. The number of hydrogen-bond donors (Lipinski definition) is 4. The maximum Gasteiger partial charge on any atom is 0.123 e. The van der Waals surface area contributed by atoms with Crippen LogP contribution >= 0.6 is 0 Å². The third-order valence-electron chi connectivity index (χ3n) is 4.96. The number of aromatic nitrogens is 3. The molecule has 0 amide bonds. The van der Waals surface area contributed by atoms with E-state index >= 15 is 0 Å². The molecule has 3 aromatic rings. The van der Waals surface area contributed by atoms with Crippen molar-refractivity contribution in [3.63, 3.8) is 0 Å². The molecule has 0 atom stereocenters. The molecule has 1 aliphatic heterocycles. The molecule has 2 fully saturated rings. The van der Waals surface area contributed by atoms with Crippen LogP contribution in [0.4, 0.5) is 4.39 Å². The Kier molecular flexibility index (Phi) is 4.17. The minimum absolute atomic E-state index is 0.0745. The molecule has 8 heteroatoms. The van der Waals surface area contributed by atoms with Gasteiger partial charge in [0.2, 0.25) is 0 Å². The zero-order valence-corrected chi connectivity index (χ0v) is 14.6. The van der Waals surface area contributed by atoms with Gasteiger partial charge in [-0.05, 0) is 60.7 Å². The van der Waals surface area contributed by atoms with Crippen LogP contribution in [0.2, 0.25) is 0 Å². The highest BCUT2D eigenvalue weighted by atomic mass is 19.1. The van der Waals surface area contributed by atoms with E-state index in [1.807, 2.05) is 18.5 Å². The van der Waals surface area contributed by atoms with Gasteiger partial charge in [-0.3, -0.25) is 4.98 Å². The summed E-state index contributed by atoms with van der Waals surface area (Å²) in [6.45, 7) is 0.930. The van der Waals surface area contributed by atoms with Gasteiger partial charge in [-0.15, -0.1) is 0 Å². The Morgan fingerprint density at radius 3 is 2.56 bits per heavy atom. The number of benzene rings is 1. The van der Waals surface area contributed by atoms with Crippen molar-refractivity contribution in [1.29, 1.82) is 0 Å². The molecule has 2 aromatic heterocycles. The van der Waals surface area contributed by atoms with Crippen LogP contribution in [0.25, 0.3) is 22.6 Å². The highest BCUT2D eigenvalue weighted by Gasteiger charge is 2.25. The zero-order chi connectivity index (χ0) is 18.2. The average Bonchev–Trinajstić information content (AvgIpc) is 3.18. The van der Waals surface area contributed by atoms with Gasteiger partial charge < -0.3 is 4.57 Å². The molecule has 4 N–H and O–H groups in total. The fourth-order valence-electron chi connectivity index (χ4n) is 3.37. The lowest BCUT2D eigenvalue weighted by molar-refractivity contribution is 0.554. The highest BCUT2D eigenvalue weighted by Crippen LogP contribution is 2.36. The minimum Gasteiger partial charge on any atom is -0.330 e. The normalized spacial score (nSPS) is 17.5. The van der Waals surface area contributed by atoms with Crippen molar-refractivity contribution >= 4 is 0 Å².